The lowest BCUT2D eigenvalue weighted by Gasteiger charge is -2.04. The van der Waals surface area contributed by atoms with E-state index in [9.17, 15) is 4.79 Å². The number of nitrogens with one attached hydrogen (secondary N) is 2. The molecule has 1 rings (SSSR count). The highest BCUT2D eigenvalue weighted by molar-refractivity contribution is 5.83. The quantitative estimate of drug-likeness (QED) is 0.473. The van der Waals surface area contributed by atoms with Crippen molar-refractivity contribution in [2.24, 2.45) is 0 Å². The standard InChI is InChI=1S/C5H10N2O2/c1-9-7-4-2-3-6-5(4)8/h4,7H,2-3H2,1H3,(H,6,8). The number of amides is 1. The van der Waals surface area contributed by atoms with Crippen LogP contribution < -0.4 is 10.8 Å². The zero-order chi connectivity index (χ0) is 6.69. The summed E-state index contributed by atoms with van der Waals surface area (Å²) in [6, 6.07) is -0.144. The van der Waals surface area contributed by atoms with Crippen LogP contribution in [0.4, 0.5) is 0 Å². The Hall–Kier alpha value is -0.610. The fraction of sp³-hybridized carbons (Fsp3) is 0.800. The van der Waals surface area contributed by atoms with Gasteiger partial charge in [-0.05, 0) is 6.42 Å². The summed E-state index contributed by atoms with van der Waals surface area (Å²) in [5.74, 6) is 0.0249. The summed E-state index contributed by atoms with van der Waals surface area (Å²) in [5.41, 5.74) is 2.58. The monoisotopic (exact) mass is 130 g/mol. The number of hydrogen-bond donors (Lipinski definition) is 2. The Labute approximate surface area is 53.5 Å². The van der Waals surface area contributed by atoms with Crippen molar-refractivity contribution in [3.63, 3.8) is 0 Å². The van der Waals surface area contributed by atoms with E-state index in [1.54, 1.807) is 0 Å². The van der Waals surface area contributed by atoms with Crippen molar-refractivity contribution in [1.82, 2.24) is 10.8 Å². The second-order valence-electron chi connectivity index (χ2n) is 1.95. The molecule has 4 heteroatoms. The van der Waals surface area contributed by atoms with Crippen LogP contribution >= 0.6 is 0 Å². The van der Waals surface area contributed by atoms with E-state index in [2.05, 4.69) is 15.6 Å². The molecule has 1 atom stereocenters. The molecule has 1 aliphatic rings. The average molecular weight is 130 g/mol. The number of hydrogen-bond acceptors (Lipinski definition) is 3. The van der Waals surface area contributed by atoms with Crippen LogP contribution in [0.15, 0.2) is 0 Å². The molecule has 0 saturated carbocycles. The lowest BCUT2D eigenvalue weighted by atomic mass is 10.3. The minimum atomic E-state index is -0.144. The van der Waals surface area contributed by atoms with Crippen LogP contribution in [-0.2, 0) is 9.63 Å². The van der Waals surface area contributed by atoms with Crippen molar-refractivity contribution >= 4 is 5.91 Å². The topological polar surface area (TPSA) is 50.4 Å². The van der Waals surface area contributed by atoms with Crippen molar-refractivity contribution in [2.45, 2.75) is 12.5 Å². The number of carbonyl (C=O) groups is 1. The smallest absolute Gasteiger partial charge is 0.239 e. The molecule has 0 aromatic heterocycles. The van der Waals surface area contributed by atoms with Gasteiger partial charge in [0.05, 0.1) is 7.11 Å². The van der Waals surface area contributed by atoms with Gasteiger partial charge in [-0.25, -0.2) is 0 Å². The van der Waals surface area contributed by atoms with Gasteiger partial charge in [0.1, 0.15) is 6.04 Å². The predicted octanol–water partition coefficient (Wildman–Crippen LogP) is -0.974. The van der Waals surface area contributed by atoms with Crippen LogP contribution in [0.5, 0.6) is 0 Å². The summed E-state index contributed by atoms with van der Waals surface area (Å²) < 4.78 is 0. The molecule has 0 bridgehead atoms. The minimum Gasteiger partial charge on any atom is -0.355 e. The lowest BCUT2D eigenvalue weighted by Crippen LogP contribution is -2.35. The molecule has 0 aromatic rings. The van der Waals surface area contributed by atoms with Gasteiger partial charge in [-0.3, -0.25) is 4.79 Å². The molecule has 1 unspecified atom stereocenters. The molecular weight excluding hydrogens is 120 g/mol. The second-order valence-corrected chi connectivity index (χ2v) is 1.95. The van der Waals surface area contributed by atoms with E-state index in [1.807, 2.05) is 0 Å². The van der Waals surface area contributed by atoms with E-state index in [1.165, 1.54) is 7.11 Å². The molecule has 2 N–H and O–H groups in total. The molecular formula is C5H10N2O2. The van der Waals surface area contributed by atoms with Crippen molar-refractivity contribution in [3.8, 4) is 0 Å². The summed E-state index contributed by atoms with van der Waals surface area (Å²) in [6.45, 7) is 0.750. The van der Waals surface area contributed by atoms with E-state index in [0.717, 1.165) is 13.0 Å². The molecule has 0 radical (unpaired) electrons. The average Bonchev–Trinajstić information content (AvgIpc) is 2.18. The third-order valence-corrected chi connectivity index (χ3v) is 1.31. The Kier molecular flexibility index (Phi) is 2.02. The van der Waals surface area contributed by atoms with Crippen molar-refractivity contribution in [2.75, 3.05) is 13.7 Å². The molecule has 1 amide bonds. The Bertz CT molecular complexity index is 116. The largest absolute Gasteiger partial charge is 0.355 e. The van der Waals surface area contributed by atoms with E-state index < -0.39 is 0 Å². The molecule has 9 heavy (non-hydrogen) atoms. The fourth-order valence-electron chi connectivity index (χ4n) is 0.849. The molecule has 1 aliphatic heterocycles. The third-order valence-electron chi connectivity index (χ3n) is 1.31. The zero-order valence-corrected chi connectivity index (χ0v) is 5.31. The molecule has 4 nitrogen and oxygen atoms in total. The van der Waals surface area contributed by atoms with Gasteiger partial charge in [0.25, 0.3) is 0 Å². The van der Waals surface area contributed by atoms with Gasteiger partial charge < -0.3 is 10.2 Å². The first-order valence-corrected chi connectivity index (χ1v) is 2.91. The summed E-state index contributed by atoms with van der Waals surface area (Å²) in [7, 11) is 1.51. The first-order chi connectivity index (χ1) is 4.34. The van der Waals surface area contributed by atoms with E-state index in [4.69, 9.17) is 0 Å². The first-order valence-electron chi connectivity index (χ1n) is 2.91. The SMILES string of the molecule is CONC1CCNC1=O. The van der Waals surface area contributed by atoms with Gasteiger partial charge in [0.15, 0.2) is 0 Å². The highest BCUT2D eigenvalue weighted by Crippen LogP contribution is 1.97. The Morgan fingerprint density at radius 1 is 1.89 bits per heavy atom. The normalized spacial score (nSPS) is 26.3. The van der Waals surface area contributed by atoms with Crippen LogP contribution in [0, 0.1) is 0 Å². The first kappa shape index (κ1) is 6.51. The van der Waals surface area contributed by atoms with Crippen LogP contribution in [0.1, 0.15) is 6.42 Å². The maximum absolute atomic E-state index is 10.7. The highest BCUT2D eigenvalue weighted by Gasteiger charge is 2.22. The molecule has 52 valence electrons. The summed E-state index contributed by atoms with van der Waals surface area (Å²) >= 11 is 0. The highest BCUT2D eigenvalue weighted by atomic mass is 16.6. The van der Waals surface area contributed by atoms with Crippen molar-refractivity contribution < 1.29 is 9.63 Å². The summed E-state index contributed by atoms with van der Waals surface area (Å²) in [4.78, 5) is 15.3. The van der Waals surface area contributed by atoms with Gasteiger partial charge in [-0.1, -0.05) is 0 Å². The molecule has 1 heterocycles. The van der Waals surface area contributed by atoms with Gasteiger partial charge in [-0.15, -0.1) is 0 Å². The van der Waals surface area contributed by atoms with Crippen LogP contribution in [0.3, 0.4) is 0 Å². The maximum Gasteiger partial charge on any atom is 0.239 e. The molecule has 0 aliphatic carbocycles. The maximum atomic E-state index is 10.7. The van der Waals surface area contributed by atoms with Crippen LogP contribution in [0.25, 0.3) is 0 Å². The second kappa shape index (κ2) is 2.80. The van der Waals surface area contributed by atoms with Crippen LogP contribution in [-0.4, -0.2) is 25.6 Å². The van der Waals surface area contributed by atoms with E-state index in [0.29, 0.717) is 0 Å². The number of carbonyl (C=O) groups excluding carboxylic acids is 1. The Morgan fingerprint density at radius 3 is 3.11 bits per heavy atom. The number of hydroxylamine groups is 1. The Balaban J connectivity index is 2.31. The number of rotatable bonds is 2. The minimum absolute atomic E-state index is 0.0249. The molecule has 0 aromatic carbocycles. The molecule has 1 saturated heterocycles. The van der Waals surface area contributed by atoms with Gasteiger partial charge in [0.2, 0.25) is 5.91 Å². The van der Waals surface area contributed by atoms with E-state index in [-0.39, 0.29) is 11.9 Å². The third kappa shape index (κ3) is 1.40. The van der Waals surface area contributed by atoms with Crippen LogP contribution in [0.2, 0.25) is 0 Å². The predicted molar refractivity (Wildman–Crippen MR) is 31.6 cm³/mol. The van der Waals surface area contributed by atoms with Gasteiger partial charge in [-0.2, -0.15) is 5.48 Å². The van der Waals surface area contributed by atoms with Gasteiger partial charge in [0, 0.05) is 6.54 Å². The van der Waals surface area contributed by atoms with Crippen molar-refractivity contribution in [3.05, 3.63) is 0 Å². The molecule has 0 spiro atoms. The van der Waals surface area contributed by atoms with Crippen molar-refractivity contribution in [1.29, 1.82) is 0 Å². The van der Waals surface area contributed by atoms with E-state index >= 15 is 0 Å². The lowest BCUT2D eigenvalue weighted by molar-refractivity contribution is -0.123. The summed E-state index contributed by atoms with van der Waals surface area (Å²) in [5, 5.41) is 2.67. The van der Waals surface area contributed by atoms with Gasteiger partial charge >= 0.3 is 0 Å². The zero-order valence-electron chi connectivity index (χ0n) is 5.31. The Morgan fingerprint density at radius 2 is 2.67 bits per heavy atom. The fourth-order valence-corrected chi connectivity index (χ4v) is 0.849. The molecule has 1 fully saturated rings. The summed E-state index contributed by atoms with van der Waals surface area (Å²) in [6.07, 6.45) is 0.812.